The summed E-state index contributed by atoms with van der Waals surface area (Å²) in [5.74, 6) is 7.65. The van der Waals surface area contributed by atoms with Gasteiger partial charge in [0.25, 0.3) is 0 Å². The van der Waals surface area contributed by atoms with E-state index in [1.54, 1.807) is 0 Å². The zero-order valence-electron chi connectivity index (χ0n) is 28.6. The Hall–Kier alpha value is -1.47. The molecule has 0 N–H and O–H groups in total. The summed E-state index contributed by atoms with van der Waals surface area (Å²) in [6.07, 6.45) is 0. The fourth-order valence-electron chi connectivity index (χ4n) is 8.04. The maximum atomic E-state index is 5.36. The lowest BCUT2D eigenvalue weighted by atomic mass is 9.97. The van der Waals surface area contributed by atoms with Gasteiger partial charge in [0.15, 0.2) is 0 Å². The molecule has 44 heavy (non-hydrogen) atoms. The van der Waals surface area contributed by atoms with E-state index < -0.39 is 16.1 Å². The molecule has 0 atom stereocenters. The van der Waals surface area contributed by atoms with Gasteiger partial charge in [-0.3, -0.25) is 0 Å². The van der Waals surface area contributed by atoms with Gasteiger partial charge in [-0.25, -0.2) is 9.97 Å². The second-order valence-corrected chi connectivity index (χ2v) is 27.8. The molecular formula is C38H48I2N2Si2. The van der Waals surface area contributed by atoms with Crippen LogP contribution in [0.25, 0.3) is 32.8 Å². The minimum atomic E-state index is -1.98. The molecule has 4 aromatic rings. The van der Waals surface area contributed by atoms with Gasteiger partial charge in [-0.2, -0.15) is 0 Å². The van der Waals surface area contributed by atoms with Crippen molar-refractivity contribution in [3.63, 3.8) is 0 Å². The fraction of sp³-hybridized carbons (Fsp3) is 0.474. The number of rotatable bonds is 6. The Bertz CT molecular complexity index is 1660. The molecule has 0 spiro atoms. The van der Waals surface area contributed by atoms with Gasteiger partial charge >= 0.3 is 0 Å². The number of halogens is 2. The molecule has 1 heterocycles. The van der Waals surface area contributed by atoms with Crippen molar-refractivity contribution in [1.82, 2.24) is 9.97 Å². The van der Waals surface area contributed by atoms with E-state index in [0.717, 1.165) is 44.0 Å². The van der Waals surface area contributed by atoms with Crippen molar-refractivity contribution in [2.24, 2.45) is 0 Å². The van der Waals surface area contributed by atoms with Crippen LogP contribution < -0.4 is 0 Å². The highest BCUT2D eigenvalue weighted by Gasteiger charge is 2.43. The summed E-state index contributed by atoms with van der Waals surface area (Å²) < 4.78 is 2.37. The summed E-state index contributed by atoms with van der Waals surface area (Å²) in [7, 11) is -3.96. The first-order chi connectivity index (χ1) is 20.6. The van der Waals surface area contributed by atoms with E-state index in [4.69, 9.17) is 9.97 Å². The van der Waals surface area contributed by atoms with E-state index in [-0.39, 0.29) is 0 Å². The second-order valence-electron chi connectivity index (χ2n) is 14.3. The summed E-state index contributed by atoms with van der Waals surface area (Å²) >= 11 is 4.80. The van der Waals surface area contributed by atoms with Gasteiger partial charge in [-0.15, -0.1) is 11.1 Å². The predicted octanol–water partition coefficient (Wildman–Crippen LogP) is 12.3. The first kappa shape index (κ1) is 35.4. The van der Waals surface area contributed by atoms with Gasteiger partial charge < -0.3 is 0 Å². The molecule has 0 saturated heterocycles. The van der Waals surface area contributed by atoms with Crippen LogP contribution in [0.2, 0.25) is 33.2 Å². The Kier molecular flexibility index (Phi) is 11.0. The van der Waals surface area contributed by atoms with Crippen molar-refractivity contribution in [3.05, 3.63) is 54.7 Å². The molecule has 6 heteroatoms. The van der Waals surface area contributed by atoms with E-state index >= 15 is 0 Å². The lowest BCUT2D eigenvalue weighted by Gasteiger charge is -2.38. The summed E-state index contributed by atoms with van der Waals surface area (Å²) in [4.78, 5) is 10.7. The summed E-state index contributed by atoms with van der Waals surface area (Å²) in [6, 6.07) is 13.0. The van der Waals surface area contributed by atoms with Crippen LogP contribution in [0.1, 0.15) is 94.2 Å². The maximum absolute atomic E-state index is 5.36. The maximum Gasteiger partial charge on any atom is 0.146 e. The third-order valence-electron chi connectivity index (χ3n) is 10.2. The van der Waals surface area contributed by atoms with E-state index in [9.17, 15) is 0 Å². The molecule has 0 amide bonds. The van der Waals surface area contributed by atoms with Crippen LogP contribution in [-0.4, -0.2) is 26.1 Å². The van der Waals surface area contributed by atoms with Crippen molar-refractivity contribution >= 4 is 94.2 Å². The third kappa shape index (κ3) is 6.15. The molecule has 0 aliphatic rings. The lowest BCUT2D eigenvalue weighted by Crippen LogP contribution is -2.43. The number of nitrogens with zero attached hydrogens (tertiary/aromatic N) is 2. The Balaban J connectivity index is 2.24. The summed E-state index contributed by atoms with van der Waals surface area (Å²) in [5.41, 5.74) is 16.9. The molecule has 0 bridgehead atoms. The first-order valence-electron chi connectivity index (χ1n) is 16.2. The lowest BCUT2D eigenvalue weighted by molar-refractivity contribution is 0.838. The first-order valence-corrected chi connectivity index (χ1v) is 22.8. The average molecular weight is 843 g/mol. The molecule has 3 aromatic carbocycles. The number of hydrogen-bond acceptors (Lipinski definition) is 2. The van der Waals surface area contributed by atoms with Crippen LogP contribution >= 0.6 is 45.2 Å². The highest BCUT2D eigenvalue weighted by atomic mass is 127. The highest BCUT2D eigenvalue weighted by molar-refractivity contribution is 14.1. The van der Waals surface area contributed by atoms with Crippen molar-refractivity contribution in [3.8, 4) is 22.9 Å². The molecule has 0 unspecified atom stereocenters. The molecule has 0 aliphatic carbocycles. The van der Waals surface area contributed by atoms with Crippen LogP contribution in [0.4, 0.5) is 0 Å². The Morgan fingerprint density at radius 2 is 0.818 bits per heavy atom. The monoisotopic (exact) mass is 842 g/mol. The minimum Gasteiger partial charge on any atom is -0.243 e. The normalized spacial score (nSPS) is 12.7. The Labute approximate surface area is 295 Å². The van der Waals surface area contributed by atoms with Gasteiger partial charge in [0, 0.05) is 17.9 Å². The zero-order valence-corrected chi connectivity index (χ0v) is 34.9. The number of aromatic nitrogens is 2. The van der Waals surface area contributed by atoms with Gasteiger partial charge in [-0.05, 0) is 90.6 Å². The van der Waals surface area contributed by atoms with E-state index in [1.165, 1.54) is 7.14 Å². The van der Waals surface area contributed by atoms with E-state index in [1.807, 2.05) is 0 Å². The average Bonchev–Trinajstić information content (AvgIpc) is 2.93. The largest absolute Gasteiger partial charge is 0.243 e. The molecule has 0 aliphatic heterocycles. The van der Waals surface area contributed by atoms with Crippen LogP contribution in [0.5, 0.6) is 0 Å². The van der Waals surface area contributed by atoms with Gasteiger partial charge in [0.2, 0.25) is 0 Å². The number of hydrogen-bond donors (Lipinski definition) is 0. The Morgan fingerprint density at radius 1 is 0.523 bits per heavy atom. The molecule has 0 radical (unpaired) electrons. The van der Waals surface area contributed by atoms with Crippen LogP contribution in [0.3, 0.4) is 0 Å². The van der Waals surface area contributed by atoms with Crippen molar-refractivity contribution < 1.29 is 0 Å². The van der Waals surface area contributed by atoms with Crippen molar-refractivity contribution in [2.45, 2.75) is 116 Å². The van der Waals surface area contributed by atoms with E-state index in [0.29, 0.717) is 33.2 Å². The Morgan fingerprint density at radius 3 is 1.09 bits per heavy atom. The van der Waals surface area contributed by atoms with E-state index in [2.05, 4.69) is 188 Å². The molecule has 0 saturated carbocycles. The fourth-order valence-corrected chi connectivity index (χ4v) is 19.4. The molecule has 0 fully saturated rings. The second kappa shape index (κ2) is 13.7. The zero-order chi connectivity index (χ0) is 32.7. The van der Waals surface area contributed by atoms with Gasteiger partial charge in [-0.1, -0.05) is 119 Å². The molecule has 232 valence electrons. The molecule has 2 nitrogen and oxygen atoms in total. The number of benzene rings is 3. The standard InChI is InChI=1S/C38H48I2N2Si2/c1-23(2)43(24(3)4,25(5)6)19-17-31-29-15-13-14-16-30(29)32(18-20-44(26(7)8,27(9)10)28(11)12)38-37(31)41-35-21-33(39)34(40)22-36(35)42-38/h13-16,21-28H,1-12H3. The number of fused-ring (bicyclic) bond motifs is 3. The highest BCUT2D eigenvalue weighted by Crippen LogP contribution is 2.43. The quantitative estimate of drug-likeness (QED) is 0.0836. The summed E-state index contributed by atoms with van der Waals surface area (Å²) in [5, 5.41) is 2.27. The van der Waals surface area contributed by atoms with Crippen LogP contribution in [-0.2, 0) is 0 Å². The van der Waals surface area contributed by atoms with Crippen LogP contribution in [0.15, 0.2) is 36.4 Å². The summed E-state index contributed by atoms with van der Waals surface area (Å²) in [6.45, 7) is 28.5. The third-order valence-corrected chi connectivity index (χ3v) is 25.6. The van der Waals surface area contributed by atoms with Gasteiger partial charge in [0.05, 0.1) is 22.2 Å². The van der Waals surface area contributed by atoms with Crippen molar-refractivity contribution in [2.75, 3.05) is 0 Å². The minimum absolute atomic E-state index is 0.550. The van der Waals surface area contributed by atoms with Crippen LogP contribution in [0, 0.1) is 30.1 Å². The van der Waals surface area contributed by atoms with Gasteiger partial charge in [0.1, 0.15) is 27.2 Å². The topological polar surface area (TPSA) is 25.8 Å². The smallest absolute Gasteiger partial charge is 0.146 e. The SMILES string of the molecule is CC(C)[Si](C#Cc1c2ccccc2c(C#C[Si](C(C)C)(C(C)C)C(C)C)c2nc3cc(I)c(I)cc3nc12)(C(C)C)C(C)C. The molecular weight excluding hydrogens is 794 g/mol. The van der Waals surface area contributed by atoms with Crippen molar-refractivity contribution in [1.29, 1.82) is 0 Å². The molecule has 1 aromatic heterocycles. The predicted molar refractivity (Wildman–Crippen MR) is 216 cm³/mol. The molecule has 4 rings (SSSR count).